The quantitative estimate of drug-likeness (QED) is 0.627. The predicted octanol–water partition coefficient (Wildman–Crippen LogP) is 5.53. The Balaban J connectivity index is 0.000000390. The molecule has 2 aromatic carbocycles. The molecule has 8 heteroatoms. The van der Waals surface area contributed by atoms with Gasteiger partial charge in [0.15, 0.2) is 0 Å². The van der Waals surface area contributed by atoms with Crippen LogP contribution in [0.2, 0.25) is 5.02 Å². The molecule has 0 spiro atoms. The molecule has 3 nitrogen and oxygen atoms in total. The summed E-state index contributed by atoms with van der Waals surface area (Å²) in [5.74, 6) is 0. The number of nitrogens with one attached hydrogen (secondary N) is 2. The van der Waals surface area contributed by atoms with E-state index in [1.807, 2.05) is 0 Å². The minimum atomic E-state index is -4.33. The van der Waals surface area contributed by atoms with Gasteiger partial charge in [0.05, 0.1) is 11.3 Å². The summed E-state index contributed by atoms with van der Waals surface area (Å²) in [6, 6.07) is 10.8. The molecule has 2 rings (SSSR count). The van der Waals surface area contributed by atoms with Gasteiger partial charge in [-0.1, -0.05) is 23.7 Å². The summed E-state index contributed by atoms with van der Waals surface area (Å²) in [5.41, 5.74) is 8.76. The van der Waals surface area contributed by atoms with Crippen LogP contribution in [0.4, 0.5) is 24.5 Å². The number of hydrogen-bond acceptors (Lipinski definition) is 2. The third-order valence-corrected chi connectivity index (χ3v) is 2.44. The van der Waals surface area contributed by atoms with E-state index in [2.05, 4.69) is 0 Å². The van der Waals surface area contributed by atoms with Gasteiger partial charge in [-0.05, 0) is 36.4 Å². The van der Waals surface area contributed by atoms with E-state index in [9.17, 15) is 13.2 Å². The van der Waals surface area contributed by atoms with E-state index < -0.39 is 11.7 Å². The monoisotopic (exact) mass is 392 g/mol. The van der Waals surface area contributed by atoms with Gasteiger partial charge in [-0.15, -0.1) is 5.69 Å². The van der Waals surface area contributed by atoms with E-state index >= 15 is 0 Å². The third kappa shape index (κ3) is 7.67. The van der Waals surface area contributed by atoms with E-state index in [4.69, 9.17) is 22.5 Å². The van der Waals surface area contributed by atoms with Crippen molar-refractivity contribution in [1.29, 1.82) is 0 Å². The smallest absolute Gasteiger partial charge is 0.416 e. The number of halogens is 4. The van der Waals surface area contributed by atoms with Crippen LogP contribution in [0.25, 0.3) is 5.73 Å². The zero-order valence-corrected chi connectivity index (χ0v) is 14.2. The Kier molecular flexibility index (Phi) is 8.89. The standard InChI is InChI=1S/C7H6F3NO.C6H5ClN.Y/c8-7(9,10)5-1-3-6(11-12)4-2-5;7-5-1-3-6(8)4-2-5;/h1-4,11-12H;1-4,8H;/q;-1;. The first kappa shape index (κ1) is 20.2. The molecule has 21 heavy (non-hydrogen) atoms. The molecule has 2 aromatic rings. The molecule has 3 N–H and O–H groups in total. The van der Waals surface area contributed by atoms with Gasteiger partial charge < -0.3 is 5.73 Å². The fraction of sp³-hybridized carbons (Fsp3) is 0.0769. The number of alkyl halides is 3. The van der Waals surface area contributed by atoms with Gasteiger partial charge in [0.2, 0.25) is 0 Å². The Morgan fingerprint density at radius 3 is 1.76 bits per heavy atom. The van der Waals surface area contributed by atoms with Crippen molar-refractivity contribution >= 4 is 23.0 Å². The van der Waals surface area contributed by atoms with Crippen LogP contribution in [0.15, 0.2) is 48.5 Å². The topological polar surface area (TPSA) is 56.1 Å². The number of rotatable bonds is 1. The summed E-state index contributed by atoms with van der Waals surface area (Å²) in [5, 5.41) is 8.98. The van der Waals surface area contributed by atoms with Gasteiger partial charge in [-0.3, -0.25) is 10.7 Å². The average molecular weight is 393 g/mol. The first-order valence-electron chi connectivity index (χ1n) is 5.37. The minimum Gasteiger partial charge on any atom is -0.699 e. The Morgan fingerprint density at radius 1 is 0.952 bits per heavy atom. The van der Waals surface area contributed by atoms with Crippen molar-refractivity contribution in [2.24, 2.45) is 0 Å². The fourth-order valence-corrected chi connectivity index (χ4v) is 1.31. The number of anilines is 1. The molecule has 0 aliphatic heterocycles. The summed E-state index contributed by atoms with van der Waals surface area (Å²) >= 11 is 5.53. The molecule has 0 heterocycles. The van der Waals surface area contributed by atoms with Crippen molar-refractivity contribution in [2.75, 3.05) is 5.48 Å². The zero-order valence-electron chi connectivity index (χ0n) is 10.7. The van der Waals surface area contributed by atoms with E-state index in [-0.39, 0.29) is 38.4 Å². The van der Waals surface area contributed by atoms with Gasteiger partial charge >= 0.3 is 6.18 Å². The zero-order chi connectivity index (χ0) is 15.2. The first-order valence-corrected chi connectivity index (χ1v) is 5.75. The summed E-state index contributed by atoms with van der Waals surface area (Å²) in [7, 11) is 0. The van der Waals surface area contributed by atoms with Gasteiger partial charge in [0, 0.05) is 37.7 Å². The molecule has 0 aromatic heterocycles. The van der Waals surface area contributed by atoms with E-state index in [0.29, 0.717) is 10.7 Å². The van der Waals surface area contributed by atoms with Crippen LogP contribution in [0, 0.1) is 0 Å². The van der Waals surface area contributed by atoms with Crippen LogP contribution in [0.1, 0.15) is 5.56 Å². The second-order valence-electron chi connectivity index (χ2n) is 3.69. The molecule has 0 amide bonds. The second kappa shape index (κ2) is 9.25. The molecule has 111 valence electrons. The second-order valence-corrected chi connectivity index (χ2v) is 4.13. The predicted molar refractivity (Wildman–Crippen MR) is 72.3 cm³/mol. The maximum Gasteiger partial charge on any atom is 0.416 e. The molecular formula is C13H11ClF3N2OY-. The molecule has 0 saturated carbocycles. The molecule has 0 aliphatic rings. The first-order chi connectivity index (χ1) is 9.32. The normalized spacial score (nSPS) is 9.95. The molecule has 0 atom stereocenters. The van der Waals surface area contributed by atoms with Crippen LogP contribution in [0.3, 0.4) is 0 Å². The molecule has 0 saturated heterocycles. The van der Waals surface area contributed by atoms with Crippen molar-refractivity contribution < 1.29 is 51.1 Å². The molecule has 1 radical (unpaired) electrons. The third-order valence-electron chi connectivity index (χ3n) is 2.19. The molecule has 0 unspecified atom stereocenters. The Bertz CT molecular complexity index is 512. The van der Waals surface area contributed by atoms with Crippen LogP contribution in [-0.4, -0.2) is 5.21 Å². The number of benzene rings is 2. The number of hydrogen-bond donors (Lipinski definition) is 2. The van der Waals surface area contributed by atoms with Crippen LogP contribution >= 0.6 is 11.6 Å². The van der Waals surface area contributed by atoms with Crippen molar-refractivity contribution in [2.45, 2.75) is 6.18 Å². The Morgan fingerprint density at radius 2 is 1.43 bits per heavy atom. The molecule has 0 bridgehead atoms. The van der Waals surface area contributed by atoms with Gasteiger partial charge in [0.25, 0.3) is 0 Å². The van der Waals surface area contributed by atoms with Crippen LogP contribution in [-0.2, 0) is 38.9 Å². The van der Waals surface area contributed by atoms with Crippen LogP contribution in [0.5, 0.6) is 0 Å². The van der Waals surface area contributed by atoms with E-state index in [0.717, 1.165) is 24.3 Å². The minimum absolute atomic E-state index is 0. The molecule has 0 fully saturated rings. The van der Waals surface area contributed by atoms with Gasteiger partial charge in [0.1, 0.15) is 0 Å². The van der Waals surface area contributed by atoms with Gasteiger partial charge in [-0.25, -0.2) is 0 Å². The Labute approximate surface area is 150 Å². The maximum atomic E-state index is 11.9. The van der Waals surface area contributed by atoms with Crippen molar-refractivity contribution in [3.63, 3.8) is 0 Å². The Hall–Kier alpha value is -0.816. The maximum absolute atomic E-state index is 11.9. The van der Waals surface area contributed by atoms with Gasteiger partial charge in [-0.2, -0.15) is 13.2 Å². The summed E-state index contributed by atoms with van der Waals surface area (Å²) in [4.78, 5) is 0. The fourth-order valence-electron chi connectivity index (χ4n) is 1.18. The molecule has 0 aliphatic carbocycles. The summed E-state index contributed by atoms with van der Waals surface area (Å²) < 4.78 is 35.8. The van der Waals surface area contributed by atoms with Crippen molar-refractivity contribution in [3.8, 4) is 0 Å². The summed E-state index contributed by atoms with van der Waals surface area (Å²) in [6.07, 6.45) is -4.33. The largest absolute Gasteiger partial charge is 0.699 e. The van der Waals surface area contributed by atoms with Crippen molar-refractivity contribution in [3.05, 3.63) is 64.9 Å². The summed E-state index contributed by atoms with van der Waals surface area (Å²) in [6.45, 7) is 0. The van der Waals surface area contributed by atoms with E-state index in [1.165, 1.54) is 0 Å². The van der Waals surface area contributed by atoms with Crippen LogP contribution < -0.4 is 5.48 Å². The van der Waals surface area contributed by atoms with Crippen molar-refractivity contribution in [1.82, 2.24) is 0 Å². The average Bonchev–Trinajstić information content (AvgIpc) is 2.42. The SMILES string of the molecule is ONc1ccc(C(F)(F)F)cc1.[NH-]c1ccc(Cl)cc1.[Y]. The molecular weight excluding hydrogens is 382 g/mol. The van der Waals surface area contributed by atoms with E-state index in [1.54, 1.807) is 29.7 Å².